The van der Waals surface area contributed by atoms with Gasteiger partial charge in [-0.1, -0.05) is 19.9 Å². The lowest BCUT2D eigenvalue weighted by Crippen LogP contribution is -2.40. The van der Waals surface area contributed by atoms with Crippen molar-refractivity contribution in [2.75, 3.05) is 19.6 Å². The van der Waals surface area contributed by atoms with Gasteiger partial charge < -0.3 is 0 Å². The van der Waals surface area contributed by atoms with E-state index in [1.54, 1.807) is 6.08 Å². The van der Waals surface area contributed by atoms with E-state index in [1.807, 2.05) is 13.8 Å². The van der Waals surface area contributed by atoms with Crippen LogP contribution in [-0.4, -0.2) is 32.4 Å². The van der Waals surface area contributed by atoms with Crippen LogP contribution in [0.25, 0.3) is 0 Å². The summed E-state index contributed by atoms with van der Waals surface area (Å²) in [5.74, 6) is 0. The first kappa shape index (κ1) is 12.6. The molecule has 0 fully saturated rings. The largest absolute Gasteiger partial charge is 0.279 e. The predicted octanol–water partition coefficient (Wildman–Crippen LogP) is 0.739. The first-order chi connectivity index (χ1) is 6.08. The SMILES string of the molecule is C=CCCNS(=O)(=O)N(CC)CC. The lowest BCUT2D eigenvalue weighted by Gasteiger charge is -2.18. The third-order valence-electron chi connectivity index (χ3n) is 1.68. The van der Waals surface area contributed by atoms with Crippen molar-refractivity contribution in [1.82, 2.24) is 9.03 Å². The summed E-state index contributed by atoms with van der Waals surface area (Å²) < 4.78 is 26.8. The third-order valence-corrected chi connectivity index (χ3v) is 3.44. The van der Waals surface area contributed by atoms with Crippen molar-refractivity contribution in [3.8, 4) is 0 Å². The van der Waals surface area contributed by atoms with Gasteiger partial charge in [-0.15, -0.1) is 6.58 Å². The van der Waals surface area contributed by atoms with Gasteiger partial charge in [0.05, 0.1) is 0 Å². The molecule has 1 N–H and O–H groups in total. The zero-order valence-corrected chi connectivity index (χ0v) is 9.10. The molecule has 0 aliphatic heterocycles. The average Bonchev–Trinajstić information content (AvgIpc) is 2.06. The third kappa shape index (κ3) is 4.40. The van der Waals surface area contributed by atoms with Gasteiger partial charge in [-0.2, -0.15) is 12.7 Å². The van der Waals surface area contributed by atoms with Gasteiger partial charge in [0.2, 0.25) is 0 Å². The summed E-state index contributed by atoms with van der Waals surface area (Å²) >= 11 is 0. The van der Waals surface area contributed by atoms with Gasteiger partial charge in [-0.3, -0.25) is 0 Å². The number of nitrogens with zero attached hydrogens (tertiary/aromatic N) is 1. The standard InChI is InChI=1S/C8H18N2O2S/c1-4-7-8-9-13(11,12)10(5-2)6-3/h4,9H,1,5-8H2,2-3H3. The Morgan fingerprint density at radius 1 is 1.38 bits per heavy atom. The quantitative estimate of drug-likeness (QED) is 0.493. The Morgan fingerprint density at radius 2 is 1.92 bits per heavy atom. The Balaban J connectivity index is 4.13. The second kappa shape index (κ2) is 6.12. The molecule has 0 saturated heterocycles. The van der Waals surface area contributed by atoms with E-state index in [2.05, 4.69) is 11.3 Å². The molecule has 0 saturated carbocycles. The van der Waals surface area contributed by atoms with Crippen molar-refractivity contribution >= 4 is 10.2 Å². The molecule has 0 heterocycles. The highest BCUT2D eigenvalue weighted by molar-refractivity contribution is 7.87. The van der Waals surface area contributed by atoms with E-state index in [-0.39, 0.29) is 0 Å². The molecule has 0 aromatic rings. The summed E-state index contributed by atoms with van der Waals surface area (Å²) in [6, 6.07) is 0. The summed E-state index contributed by atoms with van der Waals surface area (Å²) in [5.41, 5.74) is 0. The van der Waals surface area contributed by atoms with Crippen LogP contribution in [0.4, 0.5) is 0 Å². The fourth-order valence-electron chi connectivity index (χ4n) is 0.945. The first-order valence-electron chi connectivity index (χ1n) is 4.44. The van der Waals surface area contributed by atoms with Crippen LogP contribution in [0.15, 0.2) is 12.7 Å². The minimum atomic E-state index is -3.26. The lowest BCUT2D eigenvalue weighted by atomic mass is 10.4. The van der Waals surface area contributed by atoms with E-state index in [0.29, 0.717) is 26.1 Å². The molecule has 0 aliphatic rings. The second-order valence-electron chi connectivity index (χ2n) is 2.56. The molecule has 0 amide bonds. The molecule has 0 radical (unpaired) electrons. The topological polar surface area (TPSA) is 49.4 Å². The molecule has 0 aromatic carbocycles. The number of nitrogens with one attached hydrogen (secondary N) is 1. The molecule has 0 atom stereocenters. The summed E-state index contributed by atoms with van der Waals surface area (Å²) in [5, 5.41) is 0. The second-order valence-corrected chi connectivity index (χ2v) is 4.32. The van der Waals surface area contributed by atoms with Gasteiger partial charge in [0.1, 0.15) is 0 Å². The number of rotatable bonds is 7. The normalized spacial score (nSPS) is 11.9. The maximum atomic E-state index is 11.4. The molecular formula is C8H18N2O2S. The van der Waals surface area contributed by atoms with Crippen molar-refractivity contribution < 1.29 is 8.42 Å². The van der Waals surface area contributed by atoms with E-state index in [9.17, 15) is 8.42 Å². The smallest absolute Gasteiger partial charge is 0.202 e. The van der Waals surface area contributed by atoms with E-state index < -0.39 is 10.2 Å². The molecule has 0 rings (SSSR count). The molecule has 0 unspecified atom stereocenters. The average molecular weight is 206 g/mol. The first-order valence-corrected chi connectivity index (χ1v) is 5.88. The summed E-state index contributed by atoms with van der Waals surface area (Å²) in [6.07, 6.45) is 2.34. The van der Waals surface area contributed by atoms with Crippen LogP contribution in [0.3, 0.4) is 0 Å². The molecule has 0 bridgehead atoms. The molecule has 78 valence electrons. The van der Waals surface area contributed by atoms with Crippen molar-refractivity contribution in [2.24, 2.45) is 0 Å². The van der Waals surface area contributed by atoms with Gasteiger partial charge in [-0.05, 0) is 6.42 Å². The predicted molar refractivity (Wildman–Crippen MR) is 54.7 cm³/mol. The molecule has 0 spiro atoms. The van der Waals surface area contributed by atoms with Crippen LogP contribution in [0.5, 0.6) is 0 Å². The molecule has 0 aliphatic carbocycles. The van der Waals surface area contributed by atoms with Gasteiger partial charge in [0.25, 0.3) is 10.2 Å². The maximum absolute atomic E-state index is 11.4. The minimum absolute atomic E-state index is 0.419. The fourth-order valence-corrected chi connectivity index (χ4v) is 2.18. The Bertz CT molecular complexity index is 233. The number of hydrogen-bond donors (Lipinski definition) is 1. The molecule has 4 nitrogen and oxygen atoms in total. The summed E-state index contributed by atoms with van der Waals surface area (Å²) in [6.45, 7) is 8.57. The van der Waals surface area contributed by atoms with Crippen molar-refractivity contribution in [3.63, 3.8) is 0 Å². The minimum Gasteiger partial charge on any atom is -0.202 e. The van der Waals surface area contributed by atoms with Crippen molar-refractivity contribution in [1.29, 1.82) is 0 Å². The molecule has 13 heavy (non-hydrogen) atoms. The van der Waals surface area contributed by atoms with E-state index in [4.69, 9.17) is 0 Å². The Hall–Kier alpha value is -0.390. The monoisotopic (exact) mass is 206 g/mol. The zero-order valence-electron chi connectivity index (χ0n) is 8.28. The molecule has 5 heteroatoms. The van der Waals surface area contributed by atoms with Gasteiger partial charge in [-0.25, -0.2) is 4.72 Å². The van der Waals surface area contributed by atoms with E-state index in [0.717, 1.165) is 0 Å². The molecule has 0 aromatic heterocycles. The Kier molecular flexibility index (Phi) is 5.94. The van der Waals surface area contributed by atoms with E-state index >= 15 is 0 Å². The van der Waals surface area contributed by atoms with Gasteiger partial charge in [0.15, 0.2) is 0 Å². The van der Waals surface area contributed by atoms with Crippen LogP contribution < -0.4 is 4.72 Å². The summed E-state index contributed by atoms with van der Waals surface area (Å²) in [4.78, 5) is 0. The lowest BCUT2D eigenvalue weighted by molar-refractivity contribution is 0.435. The highest BCUT2D eigenvalue weighted by Gasteiger charge is 2.16. The maximum Gasteiger partial charge on any atom is 0.279 e. The van der Waals surface area contributed by atoms with Gasteiger partial charge in [0, 0.05) is 19.6 Å². The fraction of sp³-hybridized carbons (Fsp3) is 0.750. The Morgan fingerprint density at radius 3 is 2.31 bits per heavy atom. The van der Waals surface area contributed by atoms with Crippen molar-refractivity contribution in [2.45, 2.75) is 20.3 Å². The van der Waals surface area contributed by atoms with Crippen LogP contribution in [0.1, 0.15) is 20.3 Å². The highest BCUT2D eigenvalue weighted by Crippen LogP contribution is 1.96. The molecular weight excluding hydrogens is 188 g/mol. The highest BCUT2D eigenvalue weighted by atomic mass is 32.2. The Labute approximate surface area is 80.8 Å². The van der Waals surface area contributed by atoms with Crippen LogP contribution >= 0.6 is 0 Å². The van der Waals surface area contributed by atoms with E-state index in [1.165, 1.54) is 4.31 Å². The van der Waals surface area contributed by atoms with Crippen LogP contribution in [0.2, 0.25) is 0 Å². The van der Waals surface area contributed by atoms with Crippen LogP contribution in [-0.2, 0) is 10.2 Å². The van der Waals surface area contributed by atoms with Crippen molar-refractivity contribution in [3.05, 3.63) is 12.7 Å². The van der Waals surface area contributed by atoms with Crippen LogP contribution in [0, 0.1) is 0 Å². The van der Waals surface area contributed by atoms with Gasteiger partial charge >= 0.3 is 0 Å². The summed E-state index contributed by atoms with van der Waals surface area (Å²) in [7, 11) is -3.26. The number of hydrogen-bond acceptors (Lipinski definition) is 2. The zero-order chi connectivity index (χ0) is 10.3.